The van der Waals surface area contributed by atoms with Crippen molar-refractivity contribution in [3.8, 4) is 0 Å². The van der Waals surface area contributed by atoms with E-state index in [4.69, 9.17) is 4.74 Å². The summed E-state index contributed by atoms with van der Waals surface area (Å²) in [6, 6.07) is 4.46. The Balaban J connectivity index is 1.99. The number of unbranched alkanes of at least 4 members (excludes halogenated alkanes) is 11. The highest BCUT2D eigenvalue weighted by atomic mass is 19.1. The first kappa shape index (κ1) is 25.1. The number of rotatable bonds is 16. The Bertz CT molecular complexity index is 574. The number of halogens is 1. The molecule has 0 bridgehead atoms. The van der Waals surface area contributed by atoms with Crippen molar-refractivity contribution >= 4 is 11.9 Å². The number of esters is 1. The molecule has 164 valence electrons. The molecule has 1 amide bonds. The Labute approximate surface area is 175 Å². The second-order valence-electron chi connectivity index (χ2n) is 7.76. The monoisotopic (exact) mass is 407 g/mol. The summed E-state index contributed by atoms with van der Waals surface area (Å²) in [6.45, 7) is 4.22. The Morgan fingerprint density at radius 1 is 0.862 bits per heavy atom. The van der Waals surface area contributed by atoms with Crippen molar-refractivity contribution in [2.45, 2.75) is 96.9 Å². The van der Waals surface area contributed by atoms with Crippen LogP contribution in [0.2, 0.25) is 0 Å². The number of ether oxygens (including phenoxy) is 1. The average Bonchev–Trinajstić information content (AvgIpc) is 2.71. The first-order valence-corrected chi connectivity index (χ1v) is 11.3. The number of nitrogens with one attached hydrogen (secondary N) is 1. The lowest BCUT2D eigenvalue weighted by Gasteiger charge is -2.13. The molecule has 1 N–H and O–H groups in total. The molecule has 1 atom stereocenters. The lowest BCUT2D eigenvalue weighted by molar-refractivity contribution is -0.145. The first-order valence-electron chi connectivity index (χ1n) is 11.3. The summed E-state index contributed by atoms with van der Waals surface area (Å²) in [6.07, 6.45) is 15.1. The standard InChI is InChI=1S/C24H38FNO3/c1-3-4-5-6-7-8-9-10-11-12-13-14-19-29-24(28)20(2)26-23(27)21-15-17-22(25)18-16-21/h15-18,20H,3-14,19H2,1-2H3,(H,26,27). The van der Waals surface area contributed by atoms with E-state index < -0.39 is 23.7 Å². The summed E-state index contributed by atoms with van der Waals surface area (Å²) in [5.74, 6) is -1.26. The predicted molar refractivity (Wildman–Crippen MR) is 115 cm³/mol. The maximum absolute atomic E-state index is 12.9. The van der Waals surface area contributed by atoms with E-state index in [1.165, 1.54) is 88.5 Å². The number of carbonyl (C=O) groups is 2. The fraction of sp³-hybridized carbons (Fsp3) is 0.667. The summed E-state index contributed by atoms with van der Waals surface area (Å²) in [7, 11) is 0. The quantitative estimate of drug-likeness (QED) is 0.263. The SMILES string of the molecule is CCCCCCCCCCCCCCOC(=O)C(C)NC(=O)c1ccc(F)cc1. The van der Waals surface area contributed by atoms with E-state index in [9.17, 15) is 14.0 Å². The Kier molecular flexibility index (Phi) is 13.8. The van der Waals surface area contributed by atoms with Crippen LogP contribution in [0.4, 0.5) is 4.39 Å². The number of carbonyl (C=O) groups excluding carboxylic acids is 2. The molecule has 0 fully saturated rings. The van der Waals surface area contributed by atoms with Gasteiger partial charge in [0.25, 0.3) is 5.91 Å². The van der Waals surface area contributed by atoms with Gasteiger partial charge in [0.2, 0.25) is 0 Å². The van der Waals surface area contributed by atoms with Crippen molar-refractivity contribution in [3.05, 3.63) is 35.6 Å². The largest absolute Gasteiger partial charge is 0.464 e. The molecule has 1 aromatic rings. The Morgan fingerprint density at radius 2 is 1.34 bits per heavy atom. The van der Waals surface area contributed by atoms with Gasteiger partial charge in [-0.2, -0.15) is 0 Å². The molecule has 0 heterocycles. The van der Waals surface area contributed by atoms with Crippen molar-refractivity contribution in [2.24, 2.45) is 0 Å². The zero-order valence-electron chi connectivity index (χ0n) is 18.2. The third-order valence-electron chi connectivity index (χ3n) is 5.05. The molecule has 0 saturated heterocycles. The van der Waals surface area contributed by atoms with Gasteiger partial charge in [0.1, 0.15) is 11.9 Å². The maximum atomic E-state index is 12.9. The van der Waals surface area contributed by atoms with Gasteiger partial charge in [0.05, 0.1) is 6.61 Å². The molecule has 0 aliphatic carbocycles. The number of amides is 1. The van der Waals surface area contributed by atoms with Crippen LogP contribution in [0.1, 0.15) is 101 Å². The number of hydrogen-bond acceptors (Lipinski definition) is 3. The topological polar surface area (TPSA) is 55.4 Å². The molecule has 1 aromatic carbocycles. The van der Waals surface area contributed by atoms with Crippen molar-refractivity contribution in [1.82, 2.24) is 5.32 Å². The van der Waals surface area contributed by atoms with Crippen LogP contribution in [0.5, 0.6) is 0 Å². The lowest BCUT2D eigenvalue weighted by Crippen LogP contribution is -2.39. The van der Waals surface area contributed by atoms with Crippen LogP contribution in [0.3, 0.4) is 0 Å². The van der Waals surface area contributed by atoms with Crippen molar-refractivity contribution in [2.75, 3.05) is 6.61 Å². The molecule has 0 radical (unpaired) electrons. The summed E-state index contributed by atoms with van der Waals surface area (Å²) in [4.78, 5) is 24.0. The summed E-state index contributed by atoms with van der Waals surface area (Å²) in [5.41, 5.74) is 0.312. The minimum atomic E-state index is -0.732. The molecule has 5 heteroatoms. The van der Waals surface area contributed by atoms with Crippen LogP contribution in [0.15, 0.2) is 24.3 Å². The fourth-order valence-electron chi connectivity index (χ4n) is 3.18. The third kappa shape index (κ3) is 12.3. The highest BCUT2D eigenvalue weighted by Crippen LogP contribution is 2.12. The molecule has 1 unspecified atom stereocenters. The normalized spacial score (nSPS) is 11.8. The van der Waals surface area contributed by atoms with Gasteiger partial charge in [0.15, 0.2) is 0 Å². The molecule has 0 aliphatic heterocycles. The zero-order chi connectivity index (χ0) is 21.3. The molecule has 29 heavy (non-hydrogen) atoms. The van der Waals surface area contributed by atoms with Gasteiger partial charge in [-0.15, -0.1) is 0 Å². The molecule has 0 saturated carbocycles. The van der Waals surface area contributed by atoms with Crippen molar-refractivity contribution in [1.29, 1.82) is 0 Å². The third-order valence-corrected chi connectivity index (χ3v) is 5.05. The average molecular weight is 408 g/mol. The lowest BCUT2D eigenvalue weighted by atomic mass is 10.1. The predicted octanol–water partition coefficient (Wildman–Crippen LogP) is 6.19. The van der Waals surface area contributed by atoms with Gasteiger partial charge >= 0.3 is 5.97 Å². The summed E-state index contributed by atoms with van der Waals surface area (Å²) in [5, 5.41) is 2.58. The van der Waals surface area contributed by atoms with Crippen molar-refractivity contribution in [3.63, 3.8) is 0 Å². The molecule has 1 rings (SSSR count). The van der Waals surface area contributed by atoms with E-state index in [1.54, 1.807) is 6.92 Å². The van der Waals surface area contributed by atoms with Gasteiger partial charge in [-0.05, 0) is 37.6 Å². The molecule has 0 aliphatic rings. The van der Waals surface area contributed by atoms with Crippen molar-refractivity contribution < 1.29 is 18.7 Å². The Morgan fingerprint density at radius 3 is 1.86 bits per heavy atom. The van der Waals surface area contributed by atoms with Crippen LogP contribution < -0.4 is 5.32 Å². The van der Waals surface area contributed by atoms with Gasteiger partial charge in [0, 0.05) is 5.56 Å². The van der Waals surface area contributed by atoms with E-state index >= 15 is 0 Å². The summed E-state index contributed by atoms with van der Waals surface area (Å²) < 4.78 is 18.1. The number of hydrogen-bond donors (Lipinski definition) is 1. The molecule has 0 spiro atoms. The van der Waals surface area contributed by atoms with E-state index in [2.05, 4.69) is 12.2 Å². The second kappa shape index (κ2) is 15.9. The van der Waals surface area contributed by atoms with Gasteiger partial charge < -0.3 is 10.1 Å². The highest BCUT2D eigenvalue weighted by Gasteiger charge is 2.17. The molecular formula is C24H38FNO3. The van der Waals surface area contributed by atoms with Crippen LogP contribution in [0.25, 0.3) is 0 Å². The second-order valence-corrected chi connectivity index (χ2v) is 7.76. The minimum Gasteiger partial charge on any atom is -0.464 e. The smallest absolute Gasteiger partial charge is 0.328 e. The van der Waals surface area contributed by atoms with Gasteiger partial charge in [-0.25, -0.2) is 9.18 Å². The van der Waals surface area contributed by atoms with Crippen LogP contribution in [-0.2, 0) is 9.53 Å². The minimum absolute atomic E-state index is 0.312. The number of benzene rings is 1. The first-order chi connectivity index (χ1) is 14.0. The maximum Gasteiger partial charge on any atom is 0.328 e. The van der Waals surface area contributed by atoms with E-state index in [1.807, 2.05) is 0 Å². The fourth-order valence-corrected chi connectivity index (χ4v) is 3.18. The highest BCUT2D eigenvalue weighted by molar-refractivity contribution is 5.96. The van der Waals surface area contributed by atoms with E-state index in [0.717, 1.165) is 12.8 Å². The van der Waals surface area contributed by atoms with Gasteiger partial charge in [-0.3, -0.25) is 4.79 Å². The molecule has 0 aromatic heterocycles. The summed E-state index contributed by atoms with van der Waals surface area (Å²) >= 11 is 0. The zero-order valence-corrected chi connectivity index (χ0v) is 18.2. The molecule has 4 nitrogen and oxygen atoms in total. The van der Waals surface area contributed by atoms with E-state index in [0.29, 0.717) is 12.2 Å². The molecular weight excluding hydrogens is 369 g/mol. The van der Waals surface area contributed by atoms with Gasteiger partial charge in [-0.1, -0.05) is 77.6 Å². The van der Waals surface area contributed by atoms with Crippen LogP contribution in [0, 0.1) is 5.82 Å². The van der Waals surface area contributed by atoms with Crippen LogP contribution >= 0.6 is 0 Å². The Hall–Kier alpha value is -1.91. The van der Waals surface area contributed by atoms with Crippen LogP contribution in [-0.4, -0.2) is 24.5 Å². The van der Waals surface area contributed by atoms with E-state index in [-0.39, 0.29) is 0 Å².